The molecular weight excluding hydrogens is 372 g/mol. The monoisotopic (exact) mass is 400 g/mol. The highest BCUT2D eigenvalue weighted by Gasteiger charge is 2.18. The van der Waals surface area contributed by atoms with Gasteiger partial charge in [-0.25, -0.2) is 0 Å². The van der Waals surface area contributed by atoms with E-state index in [2.05, 4.69) is 34.5 Å². The first kappa shape index (κ1) is 20.5. The van der Waals surface area contributed by atoms with E-state index in [4.69, 9.17) is 16.3 Å². The van der Waals surface area contributed by atoms with Crippen LogP contribution in [0.5, 0.6) is 5.75 Å². The van der Waals surface area contributed by atoms with Crippen molar-refractivity contribution >= 4 is 23.2 Å². The van der Waals surface area contributed by atoms with Crippen molar-refractivity contribution in [1.29, 1.82) is 0 Å². The van der Waals surface area contributed by atoms with Crippen LogP contribution < -0.4 is 15.0 Å². The Bertz CT molecular complexity index is 786. The minimum atomic E-state index is -0.520. The molecule has 0 spiro atoms. The fraction of sp³-hybridized carbons (Fsp3) is 0.435. The molecular formula is C23H29ClN2O2. The lowest BCUT2D eigenvalue weighted by molar-refractivity contribution is -0.128. The highest BCUT2D eigenvalue weighted by Crippen LogP contribution is 2.23. The first-order chi connectivity index (χ1) is 13.6. The SMILES string of the molecule is CC[C@@H](Oc1ccc(Cl)c(C)c1)C(=O)NCc1ccc(N2CCCCC2)cc1. The summed E-state index contributed by atoms with van der Waals surface area (Å²) in [6, 6.07) is 13.9. The van der Waals surface area contributed by atoms with Crippen molar-refractivity contribution in [2.24, 2.45) is 0 Å². The Labute approximate surface area is 172 Å². The van der Waals surface area contributed by atoms with E-state index in [9.17, 15) is 4.79 Å². The molecule has 0 saturated carbocycles. The van der Waals surface area contributed by atoms with E-state index in [0.717, 1.165) is 24.2 Å². The summed E-state index contributed by atoms with van der Waals surface area (Å²) in [5.74, 6) is 0.560. The molecule has 2 aromatic carbocycles. The summed E-state index contributed by atoms with van der Waals surface area (Å²) < 4.78 is 5.87. The van der Waals surface area contributed by atoms with E-state index < -0.39 is 6.10 Å². The first-order valence-corrected chi connectivity index (χ1v) is 10.5. The molecule has 0 aliphatic carbocycles. The van der Waals surface area contributed by atoms with Crippen LogP contribution in [0.1, 0.15) is 43.7 Å². The van der Waals surface area contributed by atoms with E-state index in [1.807, 2.05) is 19.9 Å². The van der Waals surface area contributed by atoms with Gasteiger partial charge in [-0.05, 0) is 74.1 Å². The lowest BCUT2D eigenvalue weighted by atomic mass is 10.1. The van der Waals surface area contributed by atoms with Gasteiger partial charge < -0.3 is 15.0 Å². The van der Waals surface area contributed by atoms with Gasteiger partial charge in [0.05, 0.1) is 0 Å². The van der Waals surface area contributed by atoms with E-state index in [1.54, 1.807) is 12.1 Å². The molecule has 4 nitrogen and oxygen atoms in total. The van der Waals surface area contributed by atoms with Crippen LogP contribution in [0.3, 0.4) is 0 Å². The molecule has 1 aliphatic rings. The van der Waals surface area contributed by atoms with Crippen molar-refractivity contribution in [3.8, 4) is 5.75 Å². The molecule has 150 valence electrons. The number of halogens is 1. The molecule has 1 saturated heterocycles. The van der Waals surface area contributed by atoms with Gasteiger partial charge in [0.15, 0.2) is 6.10 Å². The number of hydrogen-bond acceptors (Lipinski definition) is 3. The highest BCUT2D eigenvalue weighted by molar-refractivity contribution is 6.31. The van der Waals surface area contributed by atoms with E-state index in [1.165, 1.54) is 24.9 Å². The van der Waals surface area contributed by atoms with Crippen LogP contribution in [-0.4, -0.2) is 25.1 Å². The number of piperidine rings is 1. The molecule has 0 bridgehead atoms. The summed E-state index contributed by atoms with van der Waals surface area (Å²) in [6.07, 6.45) is 3.94. The van der Waals surface area contributed by atoms with Gasteiger partial charge in [-0.2, -0.15) is 0 Å². The molecule has 28 heavy (non-hydrogen) atoms. The largest absolute Gasteiger partial charge is 0.481 e. The average molecular weight is 401 g/mol. The van der Waals surface area contributed by atoms with Crippen molar-refractivity contribution in [1.82, 2.24) is 5.32 Å². The number of carbonyl (C=O) groups is 1. The number of carbonyl (C=O) groups excluding carboxylic acids is 1. The molecule has 0 aromatic heterocycles. The lowest BCUT2D eigenvalue weighted by Gasteiger charge is -2.28. The summed E-state index contributed by atoms with van der Waals surface area (Å²) in [4.78, 5) is 15.0. The number of anilines is 1. The van der Waals surface area contributed by atoms with Crippen molar-refractivity contribution in [2.45, 2.75) is 52.2 Å². The maximum absolute atomic E-state index is 12.5. The Hall–Kier alpha value is -2.20. The summed E-state index contributed by atoms with van der Waals surface area (Å²) in [7, 11) is 0. The summed E-state index contributed by atoms with van der Waals surface area (Å²) in [5, 5.41) is 3.68. The average Bonchev–Trinajstić information content (AvgIpc) is 2.73. The predicted octanol–water partition coefficient (Wildman–Crippen LogP) is 5.11. The van der Waals surface area contributed by atoms with Gasteiger partial charge in [-0.3, -0.25) is 4.79 Å². The van der Waals surface area contributed by atoms with Crippen molar-refractivity contribution in [3.05, 3.63) is 58.6 Å². The van der Waals surface area contributed by atoms with E-state index in [-0.39, 0.29) is 5.91 Å². The number of rotatable bonds is 7. The van der Waals surface area contributed by atoms with Gasteiger partial charge in [0.1, 0.15) is 5.75 Å². The zero-order valence-electron chi connectivity index (χ0n) is 16.7. The fourth-order valence-corrected chi connectivity index (χ4v) is 3.57. The normalized spacial score (nSPS) is 15.2. The number of ether oxygens (including phenoxy) is 1. The van der Waals surface area contributed by atoms with Crippen LogP contribution in [0, 0.1) is 6.92 Å². The maximum atomic E-state index is 12.5. The van der Waals surface area contributed by atoms with Crippen LogP contribution in [0.2, 0.25) is 5.02 Å². The maximum Gasteiger partial charge on any atom is 0.261 e. The van der Waals surface area contributed by atoms with Gasteiger partial charge in [0, 0.05) is 30.3 Å². The van der Waals surface area contributed by atoms with E-state index in [0.29, 0.717) is 23.7 Å². The second-order valence-electron chi connectivity index (χ2n) is 7.36. The number of aryl methyl sites for hydroxylation is 1. The Morgan fingerprint density at radius 3 is 2.50 bits per heavy atom. The van der Waals surface area contributed by atoms with Gasteiger partial charge in [0.2, 0.25) is 0 Å². The van der Waals surface area contributed by atoms with Crippen LogP contribution >= 0.6 is 11.6 Å². The van der Waals surface area contributed by atoms with Gasteiger partial charge in [0.25, 0.3) is 5.91 Å². The third kappa shape index (κ3) is 5.41. The van der Waals surface area contributed by atoms with Crippen LogP contribution in [0.15, 0.2) is 42.5 Å². The third-order valence-corrected chi connectivity index (χ3v) is 5.62. The predicted molar refractivity (Wildman–Crippen MR) is 115 cm³/mol. The lowest BCUT2D eigenvalue weighted by Crippen LogP contribution is -2.37. The standard InChI is InChI=1S/C23H29ClN2O2/c1-3-22(28-20-11-12-21(24)17(2)15-20)23(27)25-16-18-7-9-19(10-8-18)26-13-5-4-6-14-26/h7-12,15,22H,3-6,13-14,16H2,1-2H3,(H,25,27)/t22-/m1/s1. The molecule has 1 N–H and O–H groups in total. The Morgan fingerprint density at radius 1 is 1.14 bits per heavy atom. The van der Waals surface area contributed by atoms with Gasteiger partial charge in [-0.15, -0.1) is 0 Å². The molecule has 1 heterocycles. The Morgan fingerprint density at radius 2 is 1.86 bits per heavy atom. The Kier molecular flexibility index (Phi) is 7.21. The number of nitrogens with one attached hydrogen (secondary N) is 1. The second-order valence-corrected chi connectivity index (χ2v) is 7.76. The molecule has 0 unspecified atom stereocenters. The number of amides is 1. The van der Waals surface area contributed by atoms with Crippen LogP contribution in [-0.2, 0) is 11.3 Å². The number of hydrogen-bond donors (Lipinski definition) is 1. The molecule has 1 fully saturated rings. The smallest absolute Gasteiger partial charge is 0.261 e. The quantitative estimate of drug-likeness (QED) is 0.701. The van der Waals surface area contributed by atoms with Crippen molar-refractivity contribution in [2.75, 3.05) is 18.0 Å². The molecule has 2 aromatic rings. The molecule has 3 rings (SSSR count). The summed E-state index contributed by atoms with van der Waals surface area (Å²) in [6.45, 7) is 6.63. The Balaban J connectivity index is 1.53. The topological polar surface area (TPSA) is 41.6 Å². The van der Waals surface area contributed by atoms with Crippen LogP contribution in [0.4, 0.5) is 5.69 Å². The van der Waals surface area contributed by atoms with E-state index >= 15 is 0 Å². The summed E-state index contributed by atoms with van der Waals surface area (Å²) in [5.41, 5.74) is 3.29. The number of nitrogens with zero attached hydrogens (tertiary/aromatic N) is 1. The molecule has 1 atom stereocenters. The molecule has 1 aliphatic heterocycles. The number of benzene rings is 2. The minimum Gasteiger partial charge on any atom is -0.481 e. The fourth-order valence-electron chi connectivity index (χ4n) is 3.46. The minimum absolute atomic E-state index is 0.102. The zero-order valence-corrected chi connectivity index (χ0v) is 17.5. The third-order valence-electron chi connectivity index (χ3n) is 5.20. The molecule has 1 amide bonds. The van der Waals surface area contributed by atoms with Gasteiger partial charge >= 0.3 is 0 Å². The second kappa shape index (κ2) is 9.83. The summed E-state index contributed by atoms with van der Waals surface area (Å²) >= 11 is 6.05. The van der Waals surface area contributed by atoms with Crippen molar-refractivity contribution in [3.63, 3.8) is 0 Å². The molecule has 0 radical (unpaired) electrons. The van der Waals surface area contributed by atoms with Crippen molar-refractivity contribution < 1.29 is 9.53 Å². The van der Waals surface area contributed by atoms with Crippen LogP contribution in [0.25, 0.3) is 0 Å². The highest BCUT2D eigenvalue weighted by atomic mass is 35.5. The first-order valence-electron chi connectivity index (χ1n) is 10.1. The van der Waals surface area contributed by atoms with Gasteiger partial charge in [-0.1, -0.05) is 30.7 Å². The zero-order chi connectivity index (χ0) is 19.9. The molecule has 5 heteroatoms.